The zero-order chi connectivity index (χ0) is 15.5. The molecule has 0 aliphatic heterocycles. The summed E-state index contributed by atoms with van der Waals surface area (Å²) in [6, 6.07) is 5.66. The average molecular weight is 289 g/mol. The van der Waals surface area contributed by atoms with Gasteiger partial charge in [-0.3, -0.25) is 4.68 Å². The van der Waals surface area contributed by atoms with Crippen LogP contribution in [0.4, 0.5) is 11.5 Å². The molecule has 3 N–H and O–H groups in total. The van der Waals surface area contributed by atoms with Crippen molar-refractivity contribution in [3.05, 3.63) is 30.1 Å². The van der Waals surface area contributed by atoms with Gasteiger partial charge in [0.2, 0.25) is 5.88 Å². The van der Waals surface area contributed by atoms with Gasteiger partial charge in [0.1, 0.15) is 11.4 Å². The van der Waals surface area contributed by atoms with E-state index in [9.17, 15) is 0 Å². The summed E-state index contributed by atoms with van der Waals surface area (Å²) in [5, 5.41) is 7.59. The molecule has 2 aromatic heterocycles. The SMILES string of the molecule is Cn1ccc(CCNc2ccc(N)c(OC(C)(C)C)n2)n1. The predicted molar refractivity (Wildman–Crippen MR) is 84.4 cm³/mol. The molecule has 2 aromatic rings. The van der Waals surface area contributed by atoms with Gasteiger partial charge in [-0.15, -0.1) is 0 Å². The molecule has 21 heavy (non-hydrogen) atoms. The number of hydrogen-bond acceptors (Lipinski definition) is 5. The first kappa shape index (κ1) is 15.2. The van der Waals surface area contributed by atoms with Gasteiger partial charge in [0, 0.05) is 26.2 Å². The van der Waals surface area contributed by atoms with Crippen LogP contribution in [0.1, 0.15) is 26.5 Å². The van der Waals surface area contributed by atoms with Crippen molar-refractivity contribution in [2.75, 3.05) is 17.6 Å². The van der Waals surface area contributed by atoms with Crippen LogP contribution in [-0.2, 0) is 13.5 Å². The molecule has 6 nitrogen and oxygen atoms in total. The number of nitrogens with one attached hydrogen (secondary N) is 1. The quantitative estimate of drug-likeness (QED) is 0.882. The number of aryl methyl sites for hydroxylation is 1. The van der Waals surface area contributed by atoms with Gasteiger partial charge in [0.15, 0.2) is 0 Å². The third-order valence-corrected chi connectivity index (χ3v) is 2.75. The molecule has 0 spiro atoms. The van der Waals surface area contributed by atoms with Gasteiger partial charge in [-0.1, -0.05) is 0 Å². The molecule has 0 aliphatic carbocycles. The highest BCUT2D eigenvalue weighted by molar-refractivity contribution is 5.53. The lowest BCUT2D eigenvalue weighted by Gasteiger charge is -2.21. The monoisotopic (exact) mass is 289 g/mol. The van der Waals surface area contributed by atoms with E-state index in [1.807, 2.05) is 46.1 Å². The predicted octanol–water partition coefficient (Wildman–Crippen LogP) is 2.23. The van der Waals surface area contributed by atoms with Gasteiger partial charge in [0.25, 0.3) is 0 Å². The molecule has 2 rings (SSSR count). The number of aromatic nitrogens is 3. The molecule has 0 saturated heterocycles. The van der Waals surface area contributed by atoms with E-state index < -0.39 is 0 Å². The molecule has 114 valence electrons. The van der Waals surface area contributed by atoms with Gasteiger partial charge in [-0.25, -0.2) is 0 Å². The van der Waals surface area contributed by atoms with E-state index in [4.69, 9.17) is 10.5 Å². The lowest BCUT2D eigenvalue weighted by molar-refractivity contribution is 0.125. The number of anilines is 2. The minimum Gasteiger partial charge on any atom is -0.470 e. The summed E-state index contributed by atoms with van der Waals surface area (Å²) in [7, 11) is 1.91. The van der Waals surface area contributed by atoms with Crippen molar-refractivity contribution >= 4 is 11.5 Å². The number of nitrogens with zero attached hydrogens (tertiary/aromatic N) is 3. The Bertz CT molecular complexity index is 600. The van der Waals surface area contributed by atoms with Crippen LogP contribution < -0.4 is 15.8 Å². The second-order valence-corrected chi connectivity index (χ2v) is 5.96. The lowest BCUT2D eigenvalue weighted by Crippen LogP contribution is -2.24. The Balaban J connectivity index is 1.95. The van der Waals surface area contributed by atoms with Crippen molar-refractivity contribution in [1.29, 1.82) is 0 Å². The van der Waals surface area contributed by atoms with Crippen molar-refractivity contribution < 1.29 is 4.74 Å². The highest BCUT2D eigenvalue weighted by Crippen LogP contribution is 2.24. The molecular weight excluding hydrogens is 266 g/mol. The van der Waals surface area contributed by atoms with Crippen LogP contribution in [-0.4, -0.2) is 26.9 Å². The Labute approximate surface area is 125 Å². The van der Waals surface area contributed by atoms with E-state index in [-0.39, 0.29) is 5.60 Å². The molecule has 6 heteroatoms. The Hall–Kier alpha value is -2.24. The first-order valence-corrected chi connectivity index (χ1v) is 7.01. The molecule has 0 aromatic carbocycles. The summed E-state index contributed by atoms with van der Waals surface area (Å²) in [6.07, 6.45) is 2.77. The average Bonchev–Trinajstić information content (AvgIpc) is 2.77. The summed E-state index contributed by atoms with van der Waals surface area (Å²) in [4.78, 5) is 4.41. The standard InChI is InChI=1S/C15H23N5O/c1-15(2,3)21-14-12(16)5-6-13(18-14)17-9-7-11-8-10-20(4)19-11/h5-6,8,10H,7,9,16H2,1-4H3,(H,17,18). The van der Waals surface area contributed by atoms with Crippen LogP contribution in [0, 0.1) is 0 Å². The maximum Gasteiger partial charge on any atom is 0.239 e. The Kier molecular flexibility index (Phi) is 4.35. The third-order valence-electron chi connectivity index (χ3n) is 2.75. The van der Waals surface area contributed by atoms with E-state index in [1.165, 1.54) is 0 Å². The van der Waals surface area contributed by atoms with Crippen LogP contribution in [0.3, 0.4) is 0 Å². The number of ether oxygens (including phenoxy) is 1. The van der Waals surface area contributed by atoms with E-state index >= 15 is 0 Å². The Morgan fingerprint density at radius 2 is 2.05 bits per heavy atom. The van der Waals surface area contributed by atoms with Crippen LogP contribution >= 0.6 is 0 Å². The third kappa shape index (κ3) is 4.66. The van der Waals surface area contributed by atoms with Crippen LogP contribution in [0.15, 0.2) is 24.4 Å². The van der Waals surface area contributed by atoms with Gasteiger partial charge >= 0.3 is 0 Å². The van der Waals surface area contributed by atoms with Gasteiger partial charge in [-0.2, -0.15) is 10.1 Å². The van der Waals surface area contributed by atoms with Crippen molar-refractivity contribution in [3.63, 3.8) is 0 Å². The van der Waals surface area contributed by atoms with Crippen molar-refractivity contribution in [1.82, 2.24) is 14.8 Å². The summed E-state index contributed by atoms with van der Waals surface area (Å²) in [6.45, 7) is 6.66. The lowest BCUT2D eigenvalue weighted by atomic mass is 10.2. The molecule has 0 amide bonds. The summed E-state index contributed by atoms with van der Waals surface area (Å²) in [5.41, 5.74) is 7.16. The van der Waals surface area contributed by atoms with Gasteiger partial charge in [-0.05, 0) is 39.0 Å². The van der Waals surface area contributed by atoms with E-state index in [0.717, 1.165) is 24.5 Å². The maximum atomic E-state index is 5.89. The van der Waals surface area contributed by atoms with Crippen LogP contribution in [0.5, 0.6) is 5.88 Å². The zero-order valence-electron chi connectivity index (χ0n) is 13.1. The number of nitrogen functional groups attached to an aromatic ring is 1. The maximum absolute atomic E-state index is 5.89. The van der Waals surface area contributed by atoms with Crippen molar-refractivity contribution in [2.24, 2.45) is 7.05 Å². The zero-order valence-corrected chi connectivity index (χ0v) is 13.1. The normalized spacial score (nSPS) is 11.4. The highest BCUT2D eigenvalue weighted by atomic mass is 16.5. The largest absolute Gasteiger partial charge is 0.470 e. The molecular formula is C15H23N5O. The number of pyridine rings is 1. The first-order valence-electron chi connectivity index (χ1n) is 7.01. The molecule has 0 unspecified atom stereocenters. The molecule has 2 heterocycles. The minimum atomic E-state index is -0.326. The van der Waals surface area contributed by atoms with Gasteiger partial charge in [0.05, 0.1) is 11.4 Å². The second-order valence-electron chi connectivity index (χ2n) is 5.96. The second kappa shape index (κ2) is 6.03. The van der Waals surface area contributed by atoms with E-state index in [2.05, 4.69) is 15.4 Å². The van der Waals surface area contributed by atoms with E-state index in [0.29, 0.717) is 11.6 Å². The van der Waals surface area contributed by atoms with Crippen LogP contribution in [0.2, 0.25) is 0 Å². The minimum absolute atomic E-state index is 0.326. The van der Waals surface area contributed by atoms with Crippen molar-refractivity contribution in [3.8, 4) is 5.88 Å². The fraction of sp³-hybridized carbons (Fsp3) is 0.467. The van der Waals surface area contributed by atoms with Crippen LogP contribution in [0.25, 0.3) is 0 Å². The molecule has 0 fully saturated rings. The fourth-order valence-corrected chi connectivity index (χ4v) is 1.84. The molecule has 0 saturated carbocycles. The smallest absolute Gasteiger partial charge is 0.239 e. The highest BCUT2D eigenvalue weighted by Gasteiger charge is 2.15. The topological polar surface area (TPSA) is 78.0 Å². The van der Waals surface area contributed by atoms with Crippen molar-refractivity contribution in [2.45, 2.75) is 32.8 Å². The molecule has 0 radical (unpaired) electrons. The number of nitrogens with two attached hydrogens (primary N) is 1. The Morgan fingerprint density at radius 1 is 1.29 bits per heavy atom. The first-order chi connectivity index (χ1) is 9.83. The summed E-state index contributed by atoms with van der Waals surface area (Å²) in [5.74, 6) is 1.21. The molecule has 0 atom stereocenters. The van der Waals surface area contributed by atoms with Gasteiger partial charge < -0.3 is 15.8 Å². The molecule has 0 aliphatic rings. The van der Waals surface area contributed by atoms with E-state index in [1.54, 1.807) is 10.7 Å². The summed E-state index contributed by atoms with van der Waals surface area (Å²) >= 11 is 0. The number of hydrogen-bond donors (Lipinski definition) is 2. The fourth-order valence-electron chi connectivity index (χ4n) is 1.84. The Morgan fingerprint density at radius 3 is 2.67 bits per heavy atom. The summed E-state index contributed by atoms with van der Waals surface area (Å²) < 4.78 is 7.55. The number of rotatable bonds is 5. The molecule has 0 bridgehead atoms.